The van der Waals surface area contributed by atoms with E-state index in [-0.39, 0.29) is 5.97 Å². The van der Waals surface area contributed by atoms with Crippen molar-refractivity contribution in [2.45, 2.75) is 84.0 Å². The first kappa shape index (κ1) is 17.4. The second kappa shape index (κ2) is 7.41. The molecule has 0 aromatic carbocycles. The Morgan fingerprint density at radius 3 is 2.40 bits per heavy atom. The molecule has 3 atom stereocenters. The minimum Gasteiger partial charge on any atom is -0.465 e. The summed E-state index contributed by atoms with van der Waals surface area (Å²) in [6.07, 6.45) is 4.24. The molecular weight excluding hydrogens is 252 g/mol. The van der Waals surface area contributed by atoms with Gasteiger partial charge in [0, 0.05) is 18.1 Å². The lowest BCUT2D eigenvalue weighted by atomic mass is 9.92. The maximum Gasteiger partial charge on any atom is 0.326 e. The molecule has 0 aromatic heterocycles. The average Bonchev–Trinajstić information content (AvgIpc) is 3.20. The molecule has 3 unspecified atom stereocenters. The smallest absolute Gasteiger partial charge is 0.326 e. The fourth-order valence-electron chi connectivity index (χ4n) is 2.63. The molecule has 1 fully saturated rings. The van der Waals surface area contributed by atoms with Crippen LogP contribution in [-0.2, 0) is 9.53 Å². The summed E-state index contributed by atoms with van der Waals surface area (Å²) < 4.78 is 5.28. The zero-order valence-corrected chi connectivity index (χ0v) is 14.0. The Hall–Kier alpha value is -0.610. The number of hydrogen-bond acceptors (Lipinski definition) is 4. The Balaban J connectivity index is 2.69. The van der Waals surface area contributed by atoms with Gasteiger partial charge in [-0.05, 0) is 60.4 Å². The lowest BCUT2D eigenvalue weighted by Gasteiger charge is -2.37. The van der Waals surface area contributed by atoms with Gasteiger partial charge in [-0.3, -0.25) is 10.1 Å². The molecule has 0 radical (unpaired) electrons. The largest absolute Gasteiger partial charge is 0.465 e. The predicted molar refractivity (Wildman–Crippen MR) is 82.8 cm³/mol. The number of rotatable bonds is 9. The molecule has 4 nitrogen and oxygen atoms in total. The molecule has 1 aliphatic carbocycles. The van der Waals surface area contributed by atoms with E-state index in [0.29, 0.717) is 24.7 Å². The van der Waals surface area contributed by atoms with E-state index in [2.05, 4.69) is 38.0 Å². The molecule has 4 heteroatoms. The fourth-order valence-corrected chi connectivity index (χ4v) is 2.63. The quantitative estimate of drug-likeness (QED) is 0.661. The Kier molecular flexibility index (Phi) is 6.46. The summed E-state index contributed by atoms with van der Waals surface area (Å²) in [5.74, 6) is -0.115. The number of nitrogens with zero attached hydrogens (tertiary/aromatic N) is 1. The van der Waals surface area contributed by atoms with Crippen LogP contribution < -0.4 is 5.32 Å². The van der Waals surface area contributed by atoms with Gasteiger partial charge in [0.05, 0.1) is 6.61 Å². The van der Waals surface area contributed by atoms with Crippen molar-refractivity contribution in [2.24, 2.45) is 0 Å². The Morgan fingerprint density at radius 2 is 1.95 bits per heavy atom. The lowest BCUT2D eigenvalue weighted by molar-refractivity contribution is -0.151. The Bertz CT molecular complexity index is 318. The Morgan fingerprint density at radius 1 is 1.35 bits per heavy atom. The normalized spacial score (nSPS) is 21.4. The molecular formula is C16H32N2O2. The minimum absolute atomic E-state index is 0.115. The molecule has 1 saturated carbocycles. The van der Waals surface area contributed by atoms with E-state index in [9.17, 15) is 4.79 Å². The van der Waals surface area contributed by atoms with Crippen LogP contribution in [0.15, 0.2) is 0 Å². The van der Waals surface area contributed by atoms with Crippen LogP contribution in [0.25, 0.3) is 0 Å². The van der Waals surface area contributed by atoms with Crippen molar-refractivity contribution in [1.29, 1.82) is 0 Å². The van der Waals surface area contributed by atoms with Crippen LogP contribution in [0, 0.1) is 0 Å². The van der Waals surface area contributed by atoms with Crippen molar-refractivity contribution in [3.8, 4) is 0 Å². The molecule has 118 valence electrons. The maximum absolute atomic E-state index is 12.3. The molecule has 1 rings (SSSR count). The third-order valence-electron chi connectivity index (χ3n) is 4.51. The molecule has 0 heterocycles. The molecule has 0 aromatic rings. The molecule has 0 spiro atoms. The summed E-state index contributed by atoms with van der Waals surface area (Å²) in [4.78, 5) is 14.7. The van der Waals surface area contributed by atoms with Crippen molar-refractivity contribution >= 4 is 5.97 Å². The summed E-state index contributed by atoms with van der Waals surface area (Å²) in [6, 6.07) is 1.36. The van der Waals surface area contributed by atoms with Gasteiger partial charge in [0.15, 0.2) is 0 Å². The number of hydrogen-bond donors (Lipinski definition) is 1. The summed E-state index contributed by atoms with van der Waals surface area (Å²) >= 11 is 0. The van der Waals surface area contributed by atoms with Gasteiger partial charge >= 0.3 is 5.97 Å². The van der Waals surface area contributed by atoms with Gasteiger partial charge in [-0.2, -0.15) is 0 Å². The summed E-state index contributed by atoms with van der Waals surface area (Å²) in [5.41, 5.74) is -0.571. The van der Waals surface area contributed by atoms with Crippen LogP contribution in [0.5, 0.6) is 0 Å². The highest BCUT2D eigenvalue weighted by molar-refractivity contribution is 5.80. The van der Waals surface area contributed by atoms with E-state index >= 15 is 0 Å². The summed E-state index contributed by atoms with van der Waals surface area (Å²) in [7, 11) is 2.14. The van der Waals surface area contributed by atoms with Crippen molar-refractivity contribution in [1.82, 2.24) is 10.2 Å². The molecule has 1 N–H and O–H groups in total. The summed E-state index contributed by atoms with van der Waals surface area (Å²) in [5, 5.41) is 3.49. The third-order valence-corrected chi connectivity index (χ3v) is 4.51. The first-order chi connectivity index (χ1) is 9.34. The maximum atomic E-state index is 12.3. The van der Waals surface area contributed by atoms with Crippen LogP contribution in [0.4, 0.5) is 0 Å². The monoisotopic (exact) mass is 284 g/mol. The molecule has 20 heavy (non-hydrogen) atoms. The van der Waals surface area contributed by atoms with Gasteiger partial charge in [-0.1, -0.05) is 6.92 Å². The van der Waals surface area contributed by atoms with Crippen LogP contribution in [0.1, 0.15) is 60.3 Å². The van der Waals surface area contributed by atoms with Gasteiger partial charge in [0.1, 0.15) is 5.54 Å². The molecule has 0 amide bonds. The number of carbonyl (C=O) groups is 1. The van der Waals surface area contributed by atoms with Crippen molar-refractivity contribution in [3.63, 3.8) is 0 Å². The zero-order chi connectivity index (χ0) is 15.3. The van der Waals surface area contributed by atoms with Crippen LogP contribution in [0.3, 0.4) is 0 Å². The Labute approximate surface area is 124 Å². The van der Waals surface area contributed by atoms with Gasteiger partial charge in [-0.15, -0.1) is 0 Å². The average molecular weight is 284 g/mol. The second-order valence-corrected chi connectivity index (χ2v) is 6.45. The summed E-state index contributed by atoms with van der Waals surface area (Å²) in [6.45, 7) is 10.9. The van der Waals surface area contributed by atoms with Crippen molar-refractivity contribution in [3.05, 3.63) is 0 Å². The molecule has 0 bridgehead atoms. The van der Waals surface area contributed by atoms with E-state index in [1.807, 2.05) is 13.8 Å². The third kappa shape index (κ3) is 4.74. The van der Waals surface area contributed by atoms with Crippen molar-refractivity contribution in [2.75, 3.05) is 13.7 Å². The SMILES string of the molecule is CCOC(=O)C(C)(CC(C)N(C)C(C)CC)NC1CC1. The number of ether oxygens (including phenoxy) is 1. The first-order valence-electron chi connectivity index (χ1n) is 8.00. The highest BCUT2D eigenvalue weighted by Crippen LogP contribution is 2.27. The van der Waals surface area contributed by atoms with Crippen LogP contribution in [-0.4, -0.2) is 48.2 Å². The molecule has 0 saturated heterocycles. The number of esters is 1. The van der Waals surface area contributed by atoms with Gasteiger partial charge in [-0.25, -0.2) is 0 Å². The van der Waals surface area contributed by atoms with E-state index in [1.165, 1.54) is 12.8 Å². The lowest BCUT2D eigenvalue weighted by Crippen LogP contribution is -2.55. The van der Waals surface area contributed by atoms with E-state index in [1.54, 1.807) is 0 Å². The van der Waals surface area contributed by atoms with E-state index in [4.69, 9.17) is 4.74 Å². The van der Waals surface area contributed by atoms with Gasteiger partial charge in [0.25, 0.3) is 0 Å². The zero-order valence-electron chi connectivity index (χ0n) is 14.0. The minimum atomic E-state index is -0.571. The van der Waals surface area contributed by atoms with Crippen LogP contribution in [0.2, 0.25) is 0 Å². The molecule has 0 aliphatic heterocycles. The standard InChI is InChI=1S/C16H32N2O2/c1-7-12(3)18(6)13(4)11-16(5,15(19)20-8-2)17-14-9-10-14/h12-14,17H,7-11H2,1-6H3. The van der Waals surface area contributed by atoms with E-state index < -0.39 is 5.54 Å². The topological polar surface area (TPSA) is 41.6 Å². The van der Waals surface area contributed by atoms with Gasteiger partial charge in [0.2, 0.25) is 0 Å². The van der Waals surface area contributed by atoms with Gasteiger partial charge < -0.3 is 9.64 Å². The highest BCUT2D eigenvalue weighted by Gasteiger charge is 2.41. The predicted octanol–water partition coefficient (Wildman–Crippen LogP) is 2.57. The number of carbonyl (C=O) groups excluding carboxylic acids is 1. The fraction of sp³-hybridized carbons (Fsp3) is 0.938. The van der Waals surface area contributed by atoms with Crippen LogP contribution >= 0.6 is 0 Å². The highest BCUT2D eigenvalue weighted by atomic mass is 16.5. The van der Waals surface area contributed by atoms with Crippen molar-refractivity contribution < 1.29 is 9.53 Å². The van der Waals surface area contributed by atoms with E-state index in [0.717, 1.165) is 12.8 Å². The second-order valence-electron chi connectivity index (χ2n) is 6.45. The molecule has 1 aliphatic rings. The number of nitrogens with one attached hydrogen (secondary N) is 1. The first-order valence-corrected chi connectivity index (χ1v) is 8.00.